The van der Waals surface area contributed by atoms with Gasteiger partial charge in [0.2, 0.25) is 10.0 Å². The Morgan fingerprint density at radius 3 is 2.38 bits per heavy atom. The maximum Gasteiger partial charge on any atom is 0.271 e. The molecule has 10 heteroatoms. The maximum absolute atomic E-state index is 13.0. The van der Waals surface area contributed by atoms with Crippen molar-refractivity contribution in [1.29, 1.82) is 0 Å². The summed E-state index contributed by atoms with van der Waals surface area (Å²) < 4.78 is 34.3. The number of hydrogen-bond donors (Lipinski definition) is 1. The van der Waals surface area contributed by atoms with E-state index in [2.05, 4.69) is 10.5 Å². The zero-order valence-electron chi connectivity index (χ0n) is 19.9. The number of ether oxygens (including phenoxy) is 1. The summed E-state index contributed by atoms with van der Waals surface area (Å²) in [5.41, 5.74) is 5.90. The molecule has 0 saturated carbocycles. The summed E-state index contributed by atoms with van der Waals surface area (Å²) >= 11 is 0. The first-order chi connectivity index (χ1) is 18.0. The Morgan fingerprint density at radius 1 is 0.946 bits per heavy atom. The van der Waals surface area contributed by atoms with E-state index in [-0.39, 0.29) is 23.5 Å². The average molecular weight is 516 g/mol. The van der Waals surface area contributed by atoms with E-state index in [1.165, 1.54) is 22.7 Å². The van der Waals surface area contributed by atoms with Gasteiger partial charge in [-0.1, -0.05) is 54.6 Å². The third-order valence-electron chi connectivity index (χ3n) is 5.88. The van der Waals surface area contributed by atoms with Gasteiger partial charge in [-0.2, -0.15) is 14.5 Å². The van der Waals surface area contributed by atoms with Crippen molar-refractivity contribution < 1.29 is 17.9 Å². The second-order valence-electron chi connectivity index (χ2n) is 8.32. The van der Waals surface area contributed by atoms with Crippen LogP contribution in [0.4, 0.5) is 0 Å². The van der Waals surface area contributed by atoms with Crippen LogP contribution < -0.4 is 5.43 Å². The highest BCUT2D eigenvalue weighted by Gasteiger charge is 2.26. The minimum atomic E-state index is -3.72. The van der Waals surface area contributed by atoms with E-state index in [0.717, 1.165) is 11.3 Å². The molecule has 4 aromatic rings. The average Bonchev–Trinajstić information content (AvgIpc) is 3.39. The number of carbonyl (C=O) groups excluding carboxylic acids is 1. The maximum atomic E-state index is 13.0. The Balaban J connectivity index is 1.36. The molecular formula is C27H25N5O4S. The van der Waals surface area contributed by atoms with Crippen LogP contribution in [0.5, 0.6) is 0 Å². The molecule has 5 rings (SSSR count). The van der Waals surface area contributed by atoms with Crippen LogP contribution in [0.1, 0.15) is 15.9 Å². The molecule has 0 atom stereocenters. The molecule has 1 aromatic heterocycles. The molecule has 1 aliphatic heterocycles. The molecule has 1 fully saturated rings. The van der Waals surface area contributed by atoms with Gasteiger partial charge in [0.15, 0.2) is 0 Å². The molecule has 0 aliphatic carbocycles. The van der Waals surface area contributed by atoms with Crippen molar-refractivity contribution in [1.82, 2.24) is 19.5 Å². The number of nitrogens with zero attached hydrogens (tertiary/aromatic N) is 4. The van der Waals surface area contributed by atoms with E-state index >= 15 is 0 Å². The molecule has 3 aromatic carbocycles. The summed E-state index contributed by atoms with van der Waals surface area (Å²) in [6.45, 7) is 1.26. The molecule has 0 radical (unpaired) electrons. The molecule has 1 amide bonds. The topological polar surface area (TPSA) is 106 Å². The summed E-state index contributed by atoms with van der Waals surface area (Å²) in [5.74, 6) is -0.521. The van der Waals surface area contributed by atoms with E-state index in [9.17, 15) is 13.2 Å². The van der Waals surface area contributed by atoms with Crippen molar-refractivity contribution in [2.75, 3.05) is 26.3 Å². The summed E-state index contributed by atoms with van der Waals surface area (Å²) in [7, 11) is -3.72. The number of benzene rings is 3. The number of hydrogen-bond acceptors (Lipinski definition) is 6. The van der Waals surface area contributed by atoms with Crippen molar-refractivity contribution in [2.45, 2.75) is 4.90 Å². The lowest BCUT2D eigenvalue weighted by Gasteiger charge is -2.26. The first-order valence-corrected chi connectivity index (χ1v) is 13.2. The Bertz CT molecular complexity index is 1510. The second kappa shape index (κ2) is 10.9. The van der Waals surface area contributed by atoms with Crippen LogP contribution >= 0.6 is 0 Å². The largest absolute Gasteiger partial charge is 0.379 e. The van der Waals surface area contributed by atoms with Crippen molar-refractivity contribution in [3.05, 3.63) is 102 Å². The Labute approximate surface area is 215 Å². The predicted molar refractivity (Wildman–Crippen MR) is 140 cm³/mol. The van der Waals surface area contributed by atoms with Gasteiger partial charge in [0, 0.05) is 36.0 Å². The molecule has 0 unspecified atom stereocenters. The fourth-order valence-corrected chi connectivity index (χ4v) is 5.43. The molecule has 188 valence electrons. The van der Waals surface area contributed by atoms with Crippen molar-refractivity contribution >= 4 is 22.1 Å². The number of nitrogens with one attached hydrogen (secondary N) is 1. The van der Waals surface area contributed by atoms with Crippen LogP contribution in [-0.4, -0.2) is 60.9 Å². The molecule has 0 bridgehead atoms. The minimum Gasteiger partial charge on any atom is -0.379 e. The molecule has 1 aliphatic rings. The van der Waals surface area contributed by atoms with Crippen LogP contribution in [0.3, 0.4) is 0 Å². The lowest BCUT2D eigenvalue weighted by molar-refractivity contribution is 0.0730. The van der Waals surface area contributed by atoms with Gasteiger partial charge in [-0.05, 0) is 30.3 Å². The number of hydrazone groups is 1. The van der Waals surface area contributed by atoms with Gasteiger partial charge in [0.25, 0.3) is 5.91 Å². The standard InChI is InChI=1S/C27H25N5O4S/c33-27(22-10-7-13-25(18-22)37(34,35)31-14-16-36-17-15-31)29-28-19-23-20-32(24-11-5-2-6-12-24)30-26(23)21-8-3-1-4-9-21/h1-13,18-20H,14-17H2,(H,29,33)/b28-19+. The quantitative estimate of drug-likeness (QED) is 0.300. The number of morpholine rings is 1. The highest BCUT2D eigenvalue weighted by Crippen LogP contribution is 2.22. The highest BCUT2D eigenvalue weighted by atomic mass is 32.2. The van der Waals surface area contributed by atoms with Gasteiger partial charge in [-0.25, -0.2) is 18.5 Å². The first-order valence-electron chi connectivity index (χ1n) is 11.7. The third-order valence-corrected chi connectivity index (χ3v) is 7.78. The number of para-hydroxylation sites is 1. The third kappa shape index (κ3) is 5.51. The summed E-state index contributed by atoms with van der Waals surface area (Å²) in [4.78, 5) is 12.9. The van der Waals surface area contributed by atoms with Gasteiger partial charge in [-0.15, -0.1) is 0 Å². The van der Waals surface area contributed by atoms with E-state index in [1.807, 2.05) is 66.9 Å². The van der Waals surface area contributed by atoms with Gasteiger partial charge < -0.3 is 4.74 Å². The van der Waals surface area contributed by atoms with Crippen molar-refractivity contribution in [3.8, 4) is 16.9 Å². The van der Waals surface area contributed by atoms with Crippen molar-refractivity contribution in [3.63, 3.8) is 0 Å². The molecule has 9 nitrogen and oxygen atoms in total. The zero-order valence-corrected chi connectivity index (χ0v) is 20.7. The molecule has 2 heterocycles. The highest BCUT2D eigenvalue weighted by molar-refractivity contribution is 7.89. The minimum absolute atomic E-state index is 0.0570. The fraction of sp³-hybridized carbons (Fsp3) is 0.148. The number of carbonyl (C=O) groups is 1. The van der Waals surface area contributed by atoms with E-state index in [4.69, 9.17) is 9.84 Å². The second-order valence-corrected chi connectivity index (χ2v) is 10.3. The first kappa shape index (κ1) is 24.6. The van der Waals surface area contributed by atoms with Crippen LogP contribution in [0.25, 0.3) is 16.9 Å². The van der Waals surface area contributed by atoms with Gasteiger partial charge in [0.1, 0.15) is 5.69 Å². The number of rotatable bonds is 7. The predicted octanol–water partition coefficient (Wildman–Crippen LogP) is 3.32. The van der Waals surface area contributed by atoms with Gasteiger partial charge in [-0.3, -0.25) is 4.79 Å². The van der Waals surface area contributed by atoms with Crippen LogP contribution in [0, 0.1) is 0 Å². The van der Waals surface area contributed by atoms with Gasteiger partial charge >= 0.3 is 0 Å². The number of amides is 1. The molecule has 0 spiro atoms. The summed E-state index contributed by atoms with van der Waals surface area (Å²) in [6, 6.07) is 25.3. The zero-order chi connectivity index (χ0) is 25.7. The molecule has 37 heavy (non-hydrogen) atoms. The van der Waals surface area contributed by atoms with Crippen LogP contribution in [0.15, 0.2) is 101 Å². The van der Waals surface area contributed by atoms with Crippen LogP contribution in [0.2, 0.25) is 0 Å². The number of aromatic nitrogens is 2. The Hall–Kier alpha value is -4.12. The molecular weight excluding hydrogens is 490 g/mol. The van der Waals surface area contributed by atoms with Crippen LogP contribution in [-0.2, 0) is 14.8 Å². The monoisotopic (exact) mass is 515 g/mol. The lowest BCUT2D eigenvalue weighted by Crippen LogP contribution is -2.40. The lowest BCUT2D eigenvalue weighted by atomic mass is 10.1. The smallest absolute Gasteiger partial charge is 0.271 e. The summed E-state index contributed by atoms with van der Waals surface area (Å²) in [6.07, 6.45) is 3.36. The van der Waals surface area contributed by atoms with E-state index < -0.39 is 15.9 Å². The van der Waals surface area contributed by atoms with Crippen molar-refractivity contribution in [2.24, 2.45) is 5.10 Å². The fourth-order valence-electron chi connectivity index (χ4n) is 3.97. The molecule has 1 saturated heterocycles. The van der Waals surface area contributed by atoms with Gasteiger partial charge in [0.05, 0.1) is 30.0 Å². The van der Waals surface area contributed by atoms with E-state index in [0.29, 0.717) is 24.5 Å². The normalized spacial score (nSPS) is 14.6. The Kier molecular flexibility index (Phi) is 7.22. The SMILES string of the molecule is O=C(N/N=C/c1cn(-c2ccccc2)nc1-c1ccccc1)c1cccc(S(=O)(=O)N2CCOCC2)c1. The molecule has 1 N–H and O–H groups in total. The Morgan fingerprint density at radius 2 is 1.65 bits per heavy atom. The summed E-state index contributed by atoms with van der Waals surface area (Å²) in [5, 5.41) is 8.86. The van der Waals surface area contributed by atoms with E-state index in [1.54, 1.807) is 16.8 Å². The number of sulfonamides is 1.